The molecule has 13 heavy (non-hydrogen) atoms. The van der Waals surface area contributed by atoms with Crippen molar-refractivity contribution in [3.63, 3.8) is 0 Å². The van der Waals surface area contributed by atoms with Crippen molar-refractivity contribution in [2.24, 2.45) is 0 Å². The second kappa shape index (κ2) is 5.73. The molecule has 0 aromatic carbocycles. The number of rotatable bonds is 6. The van der Waals surface area contributed by atoms with E-state index in [9.17, 15) is 0 Å². The molecule has 0 radical (unpaired) electrons. The lowest BCUT2D eigenvalue weighted by atomic mass is 10.1. The quantitative estimate of drug-likeness (QED) is 0.553. The minimum Gasteiger partial charge on any atom is -0.376 e. The van der Waals surface area contributed by atoms with E-state index in [-0.39, 0.29) is 11.2 Å². The Bertz CT molecular complexity index is 147. The molecule has 0 saturated heterocycles. The molecule has 0 aliphatic heterocycles. The first-order valence-electron chi connectivity index (χ1n) is 4.20. The van der Waals surface area contributed by atoms with E-state index in [1.54, 1.807) is 7.11 Å². The second-order valence-corrected chi connectivity index (χ2v) is 5.00. The summed E-state index contributed by atoms with van der Waals surface area (Å²) in [6, 6.07) is 0. The highest BCUT2D eigenvalue weighted by Gasteiger charge is 2.26. The third-order valence-corrected chi connectivity index (χ3v) is 4.07. The van der Waals surface area contributed by atoms with Crippen molar-refractivity contribution in [3.8, 4) is 0 Å². The van der Waals surface area contributed by atoms with Crippen molar-refractivity contribution in [1.82, 2.24) is 0 Å². The summed E-state index contributed by atoms with van der Waals surface area (Å²) < 4.78 is 11.9. The summed E-state index contributed by atoms with van der Waals surface area (Å²) >= 11 is 8.09. The van der Waals surface area contributed by atoms with Crippen molar-refractivity contribution in [2.45, 2.75) is 32.0 Å². The maximum absolute atomic E-state index is 5.81. The fourth-order valence-corrected chi connectivity index (χ4v) is 1.50. The van der Waals surface area contributed by atoms with Gasteiger partial charge in [0, 0.05) is 11.5 Å². The monoisotopic (exact) mass is 320 g/mol. The van der Waals surface area contributed by atoms with E-state index in [1.165, 1.54) is 0 Å². The van der Waals surface area contributed by atoms with E-state index in [2.05, 4.69) is 22.6 Å². The van der Waals surface area contributed by atoms with Gasteiger partial charge in [-0.1, -0.05) is 22.6 Å². The van der Waals surface area contributed by atoms with Crippen LogP contribution in [0.1, 0.15) is 20.8 Å². The summed E-state index contributed by atoms with van der Waals surface area (Å²) in [5, 5.41) is 0. The van der Waals surface area contributed by atoms with E-state index in [1.807, 2.05) is 20.8 Å². The number of ether oxygens (including phenoxy) is 2. The Morgan fingerprint density at radius 2 is 1.85 bits per heavy atom. The van der Waals surface area contributed by atoms with Crippen LogP contribution in [0.5, 0.6) is 0 Å². The van der Waals surface area contributed by atoms with Gasteiger partial charge in [-0.05, 0) is 20.8 Å². The second-order valence-electron chi connectivity index (χ2n) is 3.97. The first-order chi connectivity index (χ1) is 5.89. The van der Waals surface area contributed by atoms with Crippen LogP contribution in [0.3, 0.4) is 0 Å². The first-order valence-corrected chi connectivity index (χ1v) is 6.26. The van der Waals surface area contributed by atoms with E-state index in [0.29, 0.717) is 12.5 Å². The lowest BCUT2D eigenvalue weighted by Gasteiger charge is -2.31. The highest BCUT2D eigenvalue weighted by Crippen LogP contribution is 2.19. The average molecular weight is 321 g/mol. The minimum absolute atomic E-state index is 0.237. The highest BCUT2D eigenvalue weighted by molar-refractivity contribution is 14.1. The Kier molecular flexibility index (Phi) is 6.15. The lowest BCUT2D eigenvalue weighted by molar-refractivity contribution is -0.0952. The van der Waals surface area contributed by atoms with Crippen LogP contribution in [0.25, 0.3) is 0 Å². The molecule has 1 unspecified atom stereocenters. The fourth-order valence-electron chi connectivity index (χ4n) is 0.520. The number of hydrogen-bond donors (Lipinski definition) is 0. The molecule has 80 valence electrons. The van der Waals surface area contributed by atoms with Gasteiger partial charge in [-0.15, -0.1) is 11.6 Å². The summed E-state index contributed by atoms with van der Waals surface area (Å²) in [5.74, 6) is 0.510. The van der Waals surface area contributed by atoms with Crippen LogP contribution in [-0.2, 0) is 9.47 Å². The highest BCUT2D eigenvalue weighted by atomic mass is 127. The molecule has 0 heterocycles. The third-order valence-electron chi connectivity index (χ3n) is 1.89. The van der Waals surface area contributed by atoms with Gasteiger partial charge in [0.05, 0.1) is 23.7 Å². The molecule has 4 heteroatoms. The van der Waals surface area contributed by atoms with Gasteiger partial charge in [0.15, 0.2) is 0 Å². The third kappa shape index (κ3) is 5.40. The molecule has 0 N–H and O–H groups in total. The Morgan fingerprint density at radius 3 is 2.15 bits per heavy atom. The molecule has 0 aromatic rings. The summed E-state index contributed by atoms with van der Waals surface area (Å²) in [6.45, 7) is 6.57. The normalized spacial score (nSPS) is 17.1. The van der Waals surface area contributed by atoms with Crippen molar-refractivity contribution in [1.29, 1.82) is 0 Å². The summed E-state index contributed by atoms with van der Waals surface area (Å²) in [7, 11) is 1.69. The van der Waals surface area contributed by atoms with E-state index in [4.69, 9.17) is 21.1 Å². The lowest BCUT2D eigenvalue weighted by Crippen LogP contribution is -2.39. The zero-order valence-electron chi connectivity index (χ0n) is 8.69. The molecule has 2 nitrogen and oxygen atoms in total. The van der Waals surface area contributed by atoms with Crippen molar-refractivity contribution < 1.29 is 9.47 Å². The van der Waals surface area contributed by atoms with E-state index in [0.717, 1.165) is 4.43 Å². The summed E-state index contributed by atoms with van der Waals surface area (Å²) in [5.41, 5.74) is -0.475. The Morgan fingerprint density at radius 1 is 1.31 bits per heavy atom. The van der Waals surface area contributed by atoms with Crippen LogP contribution in [0.15, 0.2) is 0 Å². The molecule has 0 bridgehead atoms. The minimum atomic E-state index is -0.238. The number of alkyl halides is 2. The zero-order chi connectivity index (χ0) is 10.5. The Hall–Kier alpha value is 0.940. The van der Waals surface area contributed by atoms with Crippen molar-refractivity contribution in [3.05, 3.63) is 0 Å². The predicted molar refractivity (Wildman–Crippen MR) is 65.1 cm³/mol. The van der Waals surface area contributed by atoms with Crippen molar-refractivity contribution in [2.75, 3.05) is 24.0 Å². The molecule has 1 atom stereocenters. The van der Waals surface area contributed by atoms with Crippen molar-refractivity contribution >= 4 is 34.2 Å². The molecule has 0 aliphatic carbocycles. The largest absolute Gasteiger partial charge is 0.376 e. The zero-order valence-corrected chi connectivity index (χ0v) is 11.6. The maximum Gasteiger partial charge on any atom is 0.0879 e. The topological polar surface area (TPSA) is 18.5 Å². The molecule has 0 fully saturated rings. The van der Waals surface area contributed by atoms with Gasteiger partial charge in [0.1, 0.15) is 0 Å². The van der Waals surface area contributed by atoms with Gasteiger partial charge in [0.25, 0.3) is 0 Å². The summed E-state index contributed by atoms with van der Waals surface area (Å²) in [4.78, 5) is 0. The molecule has 0 saturated carbocycles. The molecular formula is C9H18ClIO2. The summed E-state index contributed by atoms with van der Waals surface area (Å²) in [6.07, 6.45) is 0. The van der Waals surface area contributed by atoms with Crippen LogP contribution in [0.4, 0.5) is 0 Å². The van der Waals surface area contributed by atoms with Gasteiger partial charge < -0.3 is 9.47 Å². The predicted octanol–water partition coefficient (Wildman–Crippen LogP) is 2.86. The standard InChI is InChI=1S/C9H18ClIO2/c1-8(2,12-4)7-13-9(3,5-10)6-11/h5-7H2,1-4H3. The number of hydrogen-bond acceptors (Lipinski definition) is 2. The van der Waals surface area contributed by atoms with Crippen LogP contribution in [0.2, 0.25) is 0 Å². The van der Waals surface area contributed by atoms with E-state index < -0.39 is 0 Å². The Labute approximate surface area is 99.5 Å². The Balaban J connectivity index is 3.99. The van der Waals surface area contributed by atoms with Gasteiger partial charge in [0.2, 0.25) is 0 Å². The van der Waals surface area contributed by atoms with Gasteiger partial charge >= 0.3 is 0 Å². The molecular weight excluding hydrogens is 302 g/mol. The van der Waals surface area contributed by atoms with Gasteiger partial charge in [-0.25, -0.2) is 0 Å². The molecule has 0 aliphatic rings. The molecule has 0 amide bonds. The van der Waals surface area contributed by atoms with E-state index >= 15 is 0 Å². The molecule has 0 rings (SSSR count). The first kappa shape index (κ1) is 13.9. The van der Waals surface area contributed by atoms with Gasteiger partial charge in [-0.3, -0.25) is 0 Å². The average Bonchev–Trinajstić information content (AvgIpc) is 2.14. The number of halogens is 2. The maximum atomic E-state index is 5.81. The molecule has 0 aromatic heterocycles. The van der Waals surface area contributed by atoms with Crippen LogP contribution in [-0.4, -0.2) is 35.2 Å². The molecule has 0 spiro atoms. The number of methoxy groups -OCH3 is 1. The van der Waals surface area contributed by atoms with Gasteiger partial charge in [-0.2, -0.15) is 0 Å². The smallest absolute Gasteiger partial charge is 0.0879 e. The fraction of sp³-hybridized carbons (Fsp3) is 1.00. The van der Waals surface area contributed by atoms with Crippen LogP contribution in [0, 0.1) is 0 Å². The van der Waals surface area contributed by atoms with Crippen LogP contribution >= 0.6 is 34.2 Å². The van der Waals surface area contributed by atoms with Crippen LogP contribution < -0.4 is 0 Å². The SMILES string of the molecule is COC(C)(C)COC(C)(CCl)CI.